The summed E-state index contributed by atoms with van der Waals surface area (Å²) in [5, 5.41) is 6.27. The summed E-state index contributed by atoms with van der Waals surface area (Å²) in [5.41, 5.74) is 2.64. The Kier molecular flexibility index (Phi) is 2.58. The molecule has 0 radical (unpaired) electrons. The van der Waals surface area contributed by atoms with E-state index in [1.807, 2.05) is 6.07 Å². The molecule has 2 rings (SSSR count). The number of hydrogen-bond donors (Lipinski definition) is 1. The predicted molar refractivity (Wildman–Crippen MR) is 64.6 cm³/mol. The molecule has 1 aliphatic heterocycles. The lowest BCUT2D eigenvalue weighted by molar-refractivity contribution is 0.411. The van der Waals surface area contributed by atoms with Gasteiger partial charge in [-0.3, -0.25) is 0 Å². The number of nitrogens with zero attached hydrogens (tertiary/aromatic N) is 1. The van der Waals surface area contributed by atoms with Gasteiger partial charge >= 0.3 is 0 Å². The first-order chi connectivity index (χ1) is 7.58. The van der Waals surface area contributed by atoms with Crippen molar-refractivity contribution in [1.29, 1.82) is 0 Å². The van der Waals surface area contributed by atoms with Crippen molar-refractivity contribution in [1.82, 2.24) is 0 Å². The van der Waals surface area contributed by atoms with Crippen molar-refractivity contribution in [2.45, 2.75) is 25.7 Å². The molecule has 1 aromatic rings. The molecule has 4 nitrogen and oxygen atoms in total. The van der Waals surface area contributed by atoms with E-state index in [2.05, 4.69) is 24.3 Å². The zero-order valence-corrected chi connectivity index (χ0v) is 9.83. The molecule has 0 atom stereocenters. The van der Waals surface area contributed by atoms with E-state index in [9.17, 15) is 4.91 Å². The number of hydrogen-bond acceptors (Lipinski definition) is 4. The third-order valence-electron chi connectivity index (χ3n) is 3.21. The van der Waals surface area contributed by atoms with Gasteiger partial charge in [0.1, 0.15) is 5.75 Å². The van der Waals surface area contributed by atoms with E-state index < -0.39 is 0 Å². The number of ether oxygens (including phenoxy) is 1. The van der Waals surface area contributed by atoms with Crippen molar-refractivity contribution in [3.8, 4) is 5.75 Å². The Morgan fingerprint density at radius 2 is 2.19 bits per heavy atom. The minimum Gasteiger partial charge on any atom is -0.494 e. The zero-order valence-electron chi connectivity index (χ0n) is 9.83. The van der Waals surface area contributed by atoms with E-state index in [0.29, 0.717) is 11.4 Å². The van der Waals surface area contributed by atoms with Gasteiger partial charge in [0, 0.05) is 12.2 Å². The minimum atomic E-state index is 0.106. The van der Waals surface area contributed by atoms with Crippen molar-refractivity contribution < 1.29 is 4.74 Å². The molecule has 0 amide bonds. The SMILES string of the molecule is COc1cc2c(cc1N=O)NCCC2(C)C. The maximum Gasteiger partial charge on any atom is 0.151 e. The number of fused-ring (bicyclic) bond motifs is 1. The molecule has 0 bridgehead atoms. The fourth-order valence-corrected chi connectivity index (χ4v) is 2.15. The van der Waals surface area contributed by atoms with E-state index >= 15 is 0 Å². The van der Waals surface area contributed by atoms with Crippen LogP contribution in [0.2, 0.25) is 0 Å². The van der Waals surface area contributed by atoms with E-state index in [0.717, 1.165) is 18.7 Å². The summed E-state index contributed by atoms with van der Waals surface area (Å²) in [7, 11) is 1.56. The fraction of sp³-hybridized carbons (Fsp3) is 0.500. The molecule has 0 fully saturated rings. The van der Waals surface area contributed by atoms with Gasteiger partial charge in [-0.15, -0.1) is 4.91 Å². The Balaban J connectivity index is 2.59. The largest absolute Gasteiger partial charge is 0.494 e. The van der Waals surface area contributed by atoms with Crippen molar-refractivity contribution in [3.63, 3.8) is 0 Å². The van der Waals surface area contributed by atoms with E-state index in [-0.39, 0.29) is 5.41 Å². The number of methoxy groups -OCH3 is 1. The molecule has 86 valence electrons. The summed E-state index contributed by atoms with van der Waals surface area (Å²) in [5.74, 6) is 0.547. The molecule has 0 spiro atoms. The van der Waals surface area contributed by atoms with Crippen molar-refractivity contribution >= 4 is 11.4 Å². The molecule has 1 N–H and O–H groups in total. The molecular weight excluding hydrogens is 204 g/mol. The maximum atomic E-state index is 10.7. The number of nitrogens with one attached hydrogen (secondary N) is 1. The minimum absolute atomic E-state index is 0.106. The van der Waals surface area contributed by atoms with E-state index in [1.54, 1.807) is 13.2 Å². The number of anilines is 1. The topological polar surface area (TPSA) is 50.7 Å². The van der Waals surface area contributed by atoms with Crippen LogP contribution in [0.4, 0.5) is 11.4 Å². The normalized spacial score (nSPS) is 17.2. The molecule has 1 aromatic carbocycles. The summed E-state index contributed by atoms with van der Waals surface area (Å²) in [6, 6.07) is 3.68. The van der Waals surface area contributed by atoms with Gasteiger partial charge in [-0.05, 0) is 34.7 Å². The molecule has 0 aromatic heterocycles. The highest BCUT2D eigenvalue weighted by Crippen LogP contribution is 2.42. The summed E-state index contributed by atoms with van der Waals surface area (Å²) in [6.07, 6.45) is 1.07. The van der Waals surface area contributed by atoms with Crippen LogP contribution in [-0.4, -0.2) is 13.7 Å². The summed E-state index contributed by atoms with van der Waals surface area (Å²) < 4.78 is 5.17. The molecule has 1 heterocycles. The third-order valence-corrected chi connectivity index (χ3v) is 3.21. The molecule has 0 saturated carbocycles. The van der Waals surface area contributed by atoms with Crippen molar-refractivity contribution in [2.24, 2.45) is 5.18 Å². The Morgan fingerprint density at radius 3 is 2.81 bits per heavy atom. The monoisotopic (exact) mass is 220 g/mol. The van der Waals surface area contributed by atoms with E-state index in [4.69, 9.17) is 4.74 Å². The molecule has 0 unspecified atom stereocenters. The first-order valence-corrected chi connectivity index (χ1v) is 5.38. The second-order valence-corrected chi connectivity index (χ2v) is 4.72. The number of nitroso groups, excluding NO2 is 1. The summed E-state index contributed by atoms with van der Waals surface area (Å²) >= 11 is 0. The van der Waals surface area contributed by atoms with Gasteiger partial charge in [0.25, 0.3) is 0 Å². The lowest BCUT2D eigenvalue weighted by atomic mass is 9.78. The first-order valence-electron chi connectivity index (χ1n) is 5.38. The Morgan fingerprint density at radius 1 is 1.44 bits per heavy atom. The van der Waals surface area contributed by atoms with Gasteiger partial charge in [0.2, 0.25) is 0 Å². The van der Waals surface area contributed by atoms with Gasteiger partial charge in [0.05, 0.1) is 7.11 Å². The lowest BCUT2D eigenvalue weighted by Gasteiger charge is -2.33. The van der Waals surface area contributed by atoms with Gasteiger partial charge in [-0.2, -0.15) is 0 Å². The van der Waals surface area contributed by atoms with Crippen LogP contribution in [0, 0.1) is 4.91 Å². The van der Waals surface area contributed by atoms with Crippen molar-refractivity contribution in [2.75, 3.05) is 19.0 Å². The number of benzene rings is 1. The van der Waals surface area contributed by atoms with Crippen LogP contribution in [0.15, 0.2) is 17.3 Å². The van der Waals surface area contributed by atoms with Gasteiger partial charge in [-0.25, -0.2) is 0 Å². The van der Waals surface area contributed by atoms with Crippen LogP contribution >= 0.6 is 0 Å². The first kappa shape index (κ1) is 10.9. The van der Waals surface area contributed by atoms with Gasteiger partial charge in [0.15, 0.2) is 5.69 Å². The quantitative estimate of drug-likeness (QED) is 0.779. The third kappa shape index (κ3) is 1.64. The summed E-state index contributed by atoms with van der Waals surface area (Å²) in [4.78, 5) is 10.7. The average Bonchev–Trinajstić information content (AvgIpc) is 2.27. The molecule has 16 heavy (non-hydrogen) atoms. The van der Waals surface area contributed by atoms with Crippen LogP contribution in [0.3, 0.4) is 0 Å². The predicted octanol–water partition coefficient (Wildman–Crippen LogP) is 3.19. The zero-order chi connectivity index (χ0) is 11.8. The van der Waals surface area contributed by atoms with Gasteiger partial charge < -0.3 is 10.1 Å². The van der Waals surface area contributed by atoms with Crippen LogP contribution in [0.5, 0.6) is 5.75 Å². The molecule has 0 saturated heterocycles. The Bertz CT molecular complexity index is 427. The number of rotatable bonds is 2. The standard InChI is InChI=1S/C12H16N2O2/c1-12(2)4-5-13-9-7-10(14-15)11(16-3)6-8(9)12/h6-7,13H,4-5H2,1-3H3. The van der Waals surface area contributed by atoms with Crippen molar-refractivity contribution in [3.05, 3.63) is 22.6 Å². The second-order valence-electron chi connectivity index (χ2n) is 4.72. The maximum absolute atomic E-state index is 10.7. The molecular formula is C12H16N2O2. The highest BCUT2D eigenvalue weighted by Gasteiger charge is 2.28. The van der Waals surface area contributed by atoms with Crippen LogP contribution < -0.4 is 10.1 Å². The van der Waals surface area contributed by atoms with Gasteiger partial charge in [-0.1, -0.05) is 13.8 Å². The molecule has 0 aliphatic carbocycles. The highest BCUT2D eigenvalue weighted by molar-refractivity contribution is 5.68. The van der Waals surface area contributed by atoms with Crippen LogP contribution in [0.1, 0.15) is 25.8 Å². The van der Waals surface area contributed by atoms with Crippen LogP contribution in [-0.2, 0) is 5.41 Å². The molecule has 1 aliphatic rings. The smallest absolute Gasteiger partial charge is 0.151 e. The molecule has 4 heteroatoms. The average molecular weight is 220 g/mol. The van der Waals surface area contributed by atoms with E-state index in [1.165, 1.54) is 5.56 Å². The summed E-state index contributed by atoms with van der Waals surface area (Å²) in [6.45, 7) is 5.31. The Labute approximate surface area is 95.0 Å². The highest BCUT2D eigenvalue weighted by atomic mass is 16.5. The Hall–Kier alpha value is -1.58. The fourth-order valence-electron chi connectivity index (χ4n) is 2.15. The second kappa shape index (κ2) is 3.77. The lowest BCUT2D eigenvalue weighted by Crippen LogP contribution is -2.28. The van der Waals surface area contributed by atoms with Crippen LogP contribution in [0.25, 0.3) is 0 Å².